The maximum atomic E-state index is 13.6. The summed E-state index contributed by atoms with van der Waals surface area (Å²) in [6.07, 6.45) is -3.65. The highest BCUT2D eigenvalue weighted by Gasteiger charge is 2.36. The van der Waals surface area contributed by atoms with E-state index in [0.29, 0.717) is 40.5 Å². The van der Waals surface area contributed by atoms with Gasteiger partial charge in [-0.3, -0.25) is 9.59 Å². The number of carboxylic acid groups (broad SMARTS) is 1. The third-order valence-corrected chi connectivity index (χ3v) is 6.70. The number of nitrogens with one attached hydrogen (secondary N) is 1. The summed E-state index contributed by atoms with van der Waals surface area (Å²) in [5.41, 5.74) is 2.33. The van der Waals surface area contributed by atoms with Gasteiger partial charge in [0, 0.05) is 35.6 Å². The number of ether oxygens (including phenoxy) is 1. The predicted molar refractivity (Wildman–Crippen MR) is 127 cm³/mol. The number of thiophene rings is 1. The first-order valence-electron chi connectivity index (χ1n) is 11.0. The van der Waals surface area contributed by atoms with E-state index in [1.165, 1.54) is 6.07 Å². The quantitative estimate of drug-likeness (QED) is 0.403. The number of nitrogens with zero attached hydrogens (tertiary/aromatic N) is 1. The zero-order valence-corrected chi connectivity index (χ0v) is 19.4. The molecule has 1 aliphatic rings. The van der Waals surface area contributed by atoms with Crippen LogP contribution in [0, 0.1) is 0 Å². The highest BCUT2D eigenvalue weighted by atomic mass is 32.1. The van der Waals surface area contributed by atoms with Gasteiger partial charge in [-0.2, -0.15) is 13.2 Å². The summed E-state index contributed by atoms with van der Waals surface area (Å²) in [6, 6.07) is 15.3. The molecular weight excluding hydrogens is 481 g/mol. The number of anilines is 1. The molecule has 3 aromatic rings. The maximum absolute atomic E-state index is 13.6. The van der Waals surface area contributed by atoms with E-state index >= 15 is 0 Å². The van der Waals surface area contributed by atoms with Crippen LogP contribution in [-0.2, 0) is 28.8 Å². The maximum Gasteiger partial charge on any atom is 0.426 e. The topological polar surface area (TPSA) is 78.9 Å². The largest absolute Gasteiger partial charge is 0.488 e. The van der Waals surface area contributed by atoms with E-state index < -0.39 is 17.0 Å². The van der Waals surface area contributed by atoms with Crippen molar-refractivity contribution in [2.45, 2.75) is 25.6 Å². The molecule has 10 heteroatoms. The Bertz CT molecular complexity index is 1210. The van der Waals surface area contributed by atoms with E-state index in [0.717, 1.165) is 11.3 Å². The Kier molecular flexibility index (Phi) is 7.42. The number of benzene rings is 2. The molecule has 4 rings (SSSR count). The van der Waals surface area contributed by atoms with Crippen LogP contribution in [0.3, 0.4) is 0 Å². The molecule has 0 fully saturated rings. The zero-order chi connectivity index (χ0) is 25.0. The number of aliphatic carboxylic acids is 1. The standard InChI is InChI=1S/C25H23F3N2O4S/c26-25(27,28)24-20(16-4-2-1-3-5-16)13-19(35-24)15-34-18-6-7-21-17(12-18)9-11-30(21)22(31)8-10-29-14-23(32)33/h1-7,12-13,29H,8-11,14-15H2,(H,32,33). The van der Waals surface area contributed by atoms with Crippen molar-refractivity contribution in [1.82, 2.24) is 5.32 Å². The fourth-order valence-electron chi connectivity index (χ4n) is 3.96. The first kappa shape index (κ1) is 24.7. The van der Waals surface area contributed by atoms with Crippen molar-refractivity contribution in [3.63, 3.8) is 0 Å². The molecule has 2 N–H and O–H groups in total. The number of fused-ring (bicyclic) bond motifs is 1. The molecule has 184 valence electrons. The molecule has 0 spiro atoms. The van der Waals surface area contributed by atoms with Crippen molar-refractivity contribution in [2.75, 3.05) is 24.5 Å². The molecule has 0 aliphatic carbocycles. The van der Waals surface area contributed by atoms with Gasteiger partial charge >= 0.3 is 12.1 Å². The van der Waals surface area contributed by atoms with Crippen LogP contribution in [0.25, 0.3) is 11.1 Å². The van der Waals surface area contributed by atoms with E-state index in [2.05, 4.69) is 5.32 Å². The number of carbonyl (C=O) groups is 2. The molecule has 0 unspecified atom stereocenters. The molecule has 0 saturated heterocycles. The number of carboxylic acids is 1. The minimum atomic E-state index is -4.46. The lowest BCUT2D eigenvalue weighted by atomic mass is 10.1. The van der Waals surface area contributed by atoms with Crippen LogP contribution in [0.4, 0.5) is 18.9 Å². The highest BCUT2D eigenvalue weighted by molar-refractivity contribution is 7.12. The highest BCUT2D eigenvalue weighted by Crippen LogP contribution is 2.43. The molecule has 1 aromatic heterocycles. The Morgan fingerprint density at radius 1 is 1.11 bits per heavy atom. The Morgan fingerprint density at radius 3 is 2.60 bits per heavy atom. The molecule has 0 radical (unpaired) electrons. The summed E-state index contributed by atoms with van der Waals surface area (Å²) < 4.78 is 46.6. The summed E-state index contributed by atoms with van der Waals surface area (Å²) in [6.45, 7) is 0.573. The minimum absolute atomic E-state index is 0.00272. The molecule has 0 bridgehead atoms. The lowest BCUT2D eigenvalue weighted by molar-refractivity contribution is -0.136. The summed E-state index contributed by atoms with van der Waals surface area (Å²) >= 11 is 0.676. The first-order valence-corrected chi connectivity index (χ1v) is 11.8. The van der Waals surface area contributed by atoms with Gasteiger partial charge in [0.25, 0.3) is 0 Å². The molecule has 2 heterocycles. The number of hydrogen-bond donors (Lipinski definition) is 2. The van der Waals surface area contributed by atoms with Gasteiger partial charge in [-0.15, -0.1) is 11.3 Å². The van der Waals surface area contributed by atoms with E-state index in [-0.39, 0.29) is 37.6 Å². The lowest BCUT2D eigenvalue weighted by Gasteiger charge is -2.17. The van der Waals surface area contributed by atoms with Crippen LogP contribution in [0.1, 0.15) is 21.7 Å². The smallest absolute Gasteiger partial charge is 0.426 e. The molecule has 6 nitrogen and oxygen atoms in total. The fraction of sp³-hybridized carbons (Fsp3) is 0.280. The third-order valence-electron chi connectivity index (χ3n) is 5.55. The van der Waals surface area contributed by atoms with Crippen LogP contribution in [0.5, 0.6) is 5.75 Å². The molecule has 1 amide bonds. The minimum Gasteiger partial charge on any atom is -0.488 e. The monoisotopic (exact) mass is 504 g/mol. The van der Waals surface area contributed by atoms with Gasteiger partial charge in [0.1, 0.15) is 17.2 Å². The average Bonchev–Trinajstić information content (AvgIpc) is 3.45. The van der Waals surface area contributed by atoms with E-state index in [1.54, 1.807) is 47.4 Å². The SMILES string of the molecule is O=C(O)CNCCC(=O)N1CCc2cc(OCc3cc(-c4ccccc4)c(C(F)(F)F)s3)ccc21. The van der Waals surface area contributed by atoms with Crippen molar-refractivity contribution in [2.24, 2.45) is 0 Å². The van der Waals surface area contributed by atoms with Crippen molar-refractivity contribution >= 4 is 28.9 Å². The van der Waals surface area contributed by atoms with Gasteiger partial charge in [0.15, 0.2) is 0 Å². The molecule has 0 saturated carbocycles. The number of hydrogen-bond acceptors (Lipinski definition) is 5. The Labute approximate surface area is 204 Å². The second-order valence-electron chi connectivity index (χ2n) is 8.01. The van der Waals surface area contributed by atoms with Crippen LogP contribution >= 0.6 is 11.3 Å². The van der Waals surface area contributed by atoms with Crippen molar-refractivity contribution < 1.29 is 32.6 Å². The molecular formula is C25H23F3N2O4S. The summed E-state index contributed by atoms with van der Waals surface area (Å²) in [4.78, 5) is 24.5. The van der Waals surface area contributed by atoms with Crippen molar-refractivity contribution in [1.29, 1.82) is 0 Å². The fourth-order valence-corrected chi connectivity index (χ4v) is 4.92. The van der Waals surface area contributed by atoms with E-state index in [4.69, 9.17) is 9.84 Å². The van der Waals surface area contributed by atoms with Gasteiger partial charge in [-0.25, -0.2) is 0 Å². The van der Waals surface area contributed by atoms with E-state index in [1.807, 2.05) is 6.07 Å². The third kappa shape index (κ3) is 6.01. The molecule has 0 atom stereocenters. The van der Waals surface area contributed by atoms with Crippen LogP contribution in [-0.4, -0.2) is 36.6 Å². The molecule has 2 aromatic carbocycles. The second kappa shape index (κ2) is 10.5. The molecule has 1 aliphatic heterocycles. The number of alkyl halides is 3. The van der Waals surface area contributed by atoms with Gasteiger partial charge in [-0.1, -0.05) is 30.3 Å². The Balaban J connectivity index is 1.41. The van der Waals surface area contributed by atoms with Crippen LogP contribution in [0.15, 0.2) is 54.6 Å². The number of carbonyl (C=O) groups excluding carboxylic acids is 1. The summed E-state index contributed by atoms with van der Waals surface area (Å²) in [5, 5.41) is 11.3. The predicted octanol–water partition coefficient (Wildman–Crippen LogP) is 4.97. The first-order chi connectivity index (χ1) is 16.7. The van der Waals surface area contributed by atoms with Gasteiger partial charge < -0.3 is 20.1 Å². The summed E-state index contributed by atoms with van der Waals surface area (Å²) in [5.74, 6) is -0.573. The number of amides is 1. The Morgan fingerprint density at radius 2 is 1.89 bits per heavy atom. The zero-order valence-electron chi connectivity index (χ0n) is 18.6. The lowest BCUT2D eigenvalue weighted by Crippen LogP contribution is -2.33. The van der Waals surface area contributed by atoms with Crippen molar-refractivity contribution in [3.8, 4) is 16.9 Å². The van der Waals surface area contributed by atoms with Gasteiger partial charge in [0.05, 0.1) is 6.54 Å². The Hall–Kier alpha value is -3.37. The van der Waals surface area contributed by atoms with E-state index in [9.17, 15) is 22.8 Å². The summed E-state index contributed by atoms with van der Waals surface area (Å²) in [7, 11) is 0. The number of rotatable bonds is 9. The van der Waals surface area contributed by atoms with Gasteiger partial charge in [0.2, 0.25) is 5.91 Å². The molecule has 35 heavy (non-hydrogen) atoms. The van der Waals surface area contributed by atoms with Crippen LogP contribution in [0.2, 0.25) is 0 Å². The van der Waals surface area contributed by atoms with Crippen molar-refractivity contribution in [3.05, 3.63) is 69.9 Å². The van der Waals surface area contributed by atoms with Gasteiger partial charge in [-0.05, 0) is 41.8 Å². The second-order valence-corrected chi connectivity index (χ2v) is 9.15. The number of halogens is 3. The average molecular weight is 505 g/mol. The van der Waals surface area contributed by atoms with Crippen LogP contribution < -0.4 is 15.0 Å². The normalized spacial score (nSPS) is 13.1.